The second-order valence-corrected chi connectivity index (χ2v) is 3.84. The van der Waals surface area contributed by atoms with E-state index in [-0.39, 0.29) is 18.3 Å². The molecule has 18 heavy (non-hydrogen) atoms. The van der Waals surface area contributed by atoms with Crippen LogP contribution >= 0.6 is 0 Å². The molecule has 2 heterocycles. The van der Waals surface area contributed by atoms with E-state index in [2.05, 4.69) is 10.3 Å². The largest absolute Gasteiger partial charge is 0.472 e. The highest BCUT2D eigenvalue weighted by molar-refractivity contribution is 5.91. The Labute approximate surface area is 102 Å². The van der Waals surface area contributed by atoms with Gasteiger partial charge in [-0.05, 0) is 23.8 Å². The lowest BCUT2D eigenvalue weighted by molar-refractivity contribution is -0.115. The molecule has 0 aliphatic heterocycles. The van der Waals surface area contributed by atoms with Crippen LogP contribution in [-0.2, 0) is 11.2 Å². The second kappa shape index (κ2) is 4.37. The van der Waals surface area contributed by atoms with E-state index >= 15 is 0 Å². The molecule has 0 radical (unpaired) electrons. The fourth-order valence-electron chi connectivity index (χ4n) is 1.67. The third-order valence-electron chi connectivity index (χ3n) is 2.49. The molecule has 1 amide bonds. The van der Waals surface area contributed by atoms with Crippen molar-refractivity contribution in [1.82, 2.24) is 4.98 Å². The summed E-state index contributed by atoms with van der Waals surface area (Å²) < 4.78 is 10.3. The lowest BCUT2D eigenvalue weighted by Gasteiger charge is -1.97. The van der Waals surface area contributed by atoms with Crippen LogP contribution in [-0.4, -0.2) is 10.9 Å². The predicted octanol–water partition coefficient (Wildman–Crippen LogP) is 2.60. The highest BCUT2D eigenvalue weighted by Crippen LogP contribution is 2.18. The fourth-order valence-corrected chi connectivity index (χ4v) is 1.67. The summed E-state index contributed by atoms with van der Waals surface area (Å²) in [4.78, 5) is 15.9. The molecule has 1 aromatic carbocycles. The number of nitrogens with one attached hydrogen (secondary N) is 1. The maximum Gasteiger partial charge on any atom is 0.302 e. The van der Waals surface area contributed by atoms with E-state index in [1.54, 1.807) is 12.1 Å². The van der Waals surface area contributed by atoms with Crippen LogP contribution in [0.15, 0.2) is 51.7 Å². The molecule has 5 nitrogen and oxygen atoms in total. The van der Waals surface area contributed by atoms with Gasteiger partial charge in [0, 0.05) is 0 Å². The Morgan fingerprint density at radius 3 is 2.94 bits per heavy atom. The molecule has 0 saturated heterocycles. The van der Waals surface area contributed by atoms with Gasteiger partial charge in [0.15, 0.2) is 5.58 Å². The molecule has 0 spiro atoms. The van der Waals surface area contributed by atoms with E-state index in [1.807, 2.05) is 18.2 Å². The Morgan fingerprint density at radius 2 is 2.17 bits per heavy atom. The normalized spacial score (nSPS) is 10.7. The van der Waals surface area contributed by atoms with Crippen LogP contribution in [0, 0.1) is 0 Å². The van der Waals surface area contributed by atoms with E-state index in [0.29, 0.717) is 5.58 Å². The van der Waals surface area contributed by atoms with E-state index in [0.717, 1.165) is 11.1 Å². The minimum Gasteiger partial charge on any atom is -0.472 e. The molecule has 90 valence electrons. The van der Waals surface area contributed by atoms with E-state index < -0.39 is 0 Å². The number of nitrogens with zero attached hydrogens (tertiary/aromatic N) is 1. The molecular formula is C13H10N2O3. The van der Waals surface area contributed by atoms with E-state index in [9.17, 15) is 4.79 Å². The number of benzene rings is 1. The average molecular weight is 242 g/mol. The Bertz CT molecular complexity index is 637. The number of oxazole rings is 1. The fraction of sp³-hybridized carbons (Fsp3) is 0.0769. The van der Waals surface area contributed by atoms with Crippen LogP contribution in [0.2, 0.25) is 0 Å². The number of hydrogen-bond acceptors (Lipinski definition) is 4. The quantitative estimate of drug-likeness (QED) is 0.766. The lowest BCUT2D eigenvalue weighted by Crippen LogP contribution is -2.14. The average Bonchev–Trinajstić information content (AvgIpc) is 2.96. The van der Waals surface area contributed by atoms with Gasteiger partial charge in [-0.15, -0.1) is 0 Å². The maximum absolute atomic E-state index is 11.7. The first-order chi connectivity index (χ1) is 8.81. The van der Waals surface area contributed by atoms with Crippen molar-refractivity contribution in [3.05, 3.63) is 48.4 Å². The van der Waals surface area contributed by atoms with Crippen molar-refractivity contribution in [2.75, 3.05) is 5.32 Å². The van der Waals surface area contributed by atoms with Crippen molar-refractivity contribution in [2.24, 2.45) is 0 Å². The smallest absolute Gasteiger partial charge is 0.302 e. The number of carbonyl (C=O) groups excluding carboxylic acids is 1. The highest BCUT2D eigenvalue weighted by atomic mass is 16.4. The third kappa shape index (κ3) is 2.10. The zero-order chi connectivity index (χ0) is 12.4. The first-order valence-corrected chi connectivity index (χ1v) is 5.48. The van der Waals surface area contributed by atoms with Gasteiger partial charge in [0.05, 0.1) is 18.9 Å². The van der Waals surface area contributed by atoms with Gasteiger partial charge in [-0.1, -0.05) is 12.1 Å². The molecule has 3 aromatic rings. The van der Waals surface area contributed by atoms with Crippen molar-refractivity contribution in [3.63, 3.8) is 0 Å². The summed E-state index contributed by atoms with van der Waals surface area (Å²) in [6.45, 7) is 0. The summed E-state index contributed by atoms with van der Waals surface area (Å²) in [7, 11) is 0. The molecule has 0 atom stereocenters. The molecular weight excluding hydrogens is 232 g/mol. The van der Waals surface area contributed by atoms with Gasteiger partial charge >= 0.3 is 6.01 Å². The van der Waals surface area contributed by atoms with Crippen LogP contribution in [0.3, 0.4) is 0 Å². The molecule has 2 aromatic heterocycles. The number of anilines is 1. The van der Waals surface area contributed by atoms with Crippen LogP contribution in [0.25, 0.3) is 11.1 Å². The molecule has 3 rings (SSSR count). The zero-order valence-corrected chi connectivity index (χ0v) is 9.42. The summed E-state index contributed by atoms with van der Waals surface area (Å²) in [5.74, 6) is -0.192. The molecule has 0 aliphatic rings. The summed E-state index contributed by atoms with van der Waals surface area (Å²) in [5.41, 5.74) is 2.18. The molecule has 0 bridgehead atoms. The van der Waals surface area contributed by atoms with Crippen LogP contribution in [0.1, 0.15) is 5.56 Å². The van der Waals surface area contributed by atoms with Gasteiger partial charge < -0.3 is 8.83 Å². The molecule has 5 heteroatoms. The van der Waals surface area contributed by atoms with Gasteiger partial charge in [-0.2, -0.15) is 4.98 Å². The summed E-state index contributed by atoms with van der Waals surface area (Å²) in [5, 5.41) is 2.61. The van der Waals surface area contributed by atoms with Gasteiger partial charge in [0.2, 0.25) is 5.91 Å². The number of fused-ring (bicyclic) bond motifs is 1. The maximum atomic E-state index is 11.7. The van der Waals surface area contributed by atoms with Crippen LogP contribution in [0.5, 0.6) is 0 Å². The standard InChI is InChI=1S/C13H10N2O3/c16-12(7-9-5-6-17-8-9)15-13-14-10-3-1-2-4-11(10)18-13/h1-6,8H,7H2,(H,14,15,16). The minimum absolute atomic E-state index is 0.192. The van der Waals surface area contributed by atoms with E-state index in [4.69, 9.17) is 8.83 Å². The monoisotopic (exact) mass is 242 g/mol. The van der Waals surface area contributed by atoms with Crippen molar-refractivity contribution >= 4 is 23.0 Å². The third-order valence-corrected chi connectivity index (χ3v) is 2.49. The molecule has 0 aliphatic carbocycles. The second-order valence-electron chi connectivity index (χ2n) is 3.84. The summed E-state index contributed by atoms with van der Waals surface area (Å²) in [6.07, 6.45) is 3.29. The first-order valence-electron chi connectivity index (χ1n) is 5.48. The number of furan rings is 1. The van der Waals surface area contributed by atoms with Gasteiger partial charge in [-0.3, -0.25) is 10.1 Å². The van der Waals surface area contributed by atoms with Gasteiger partial charge in [0.25, 0.3) is 0 Å². The number of rotatable bonds is 3. The summed E-state index contributed by atoms with van der Waals surface area (Å²) in [6, 6.07) is 9.29. The number of hydrogen-bond donors (Lipinski definition) is 1. The van der Waals surface area contributed by atoms with Gasteiger partial charge in [-0.25, -0.2) is 0 Å². The van der Waals surface area contributed by atoms with Crippen LogP contribution < -0.4 is 5.32 Å². The molecule has 0 saturated carbocycles. The Balaban J connectivity index is 1.74. The van der Waals surface area contributed by atoms with Crippen molar-refractivity contribution in [1.29, 1.82) is 0 Å². The van der Waals surface area contributed by atoms with E-state index in [1.165, 1.54) is 12.5 Å². The predicted molar refractivity (Wildman–Crippen MR) is 65.1 cm³/mol. The van der Waals surface area contributed by atoms with Crippen LogP contribution in [0.4, 0.5) is 6.01 Å². The van der Waals surface area contributed by atoms with Crippen molar-refractivity contribution in [2.45, 2.75) is 6.42 Å². The molecule has 0 fully saturated rings. The number of amides is 1. The first kappa shape index (κ1) is 10.6. The Hall–Kier alpha value is -2.56. The van der Waals surface area contributed by atoms with Gasteiger partial charge in [0.1, 0.15) is 5.52 Å². The number of carbonyl (C=O) groups is 1. The zero-order valence-electron chi connectivity index (χ0n) is 9.42. The Kier molecular flexibility index (Phi) is 2.57. The topological polar surface area (TPSA) is 68.3 Å². The number of para-hydroxylation sites is 2. The Morgan fingerprint density at radius 1 is 1.28 bits per heavy atom. The lowest BCUT2D eigenvalue weighted by atomic mass is 10.2. The highest BCUT2D eigenvalue weighted by Gasteiger charge is 2.10. The van der Waals surface area contributed by atoms with Crippen molar-refractivity contribution in [3.8, 4) is 0 Å². The summed E-state index contributed by atoms with van der Waals surface area (Å²) >= 11 is 0. The number of aromatic nitrogens is 1. The SMILES string of the molecule is O=C(Cc1ccoc1)Nc1nc2ccccc2o1. The minimum atomic E-state index is -0.192. The molecule has 0 unspecified atom stereocenters. The molecule has 1 N–H and O–H groups in total. The van der Waals surface area contributed by atoms with Crippen molar-refractivity contribution < 1.29 is 13.6 Å².